The third-order valence-corrected chi connectivity index (χ3v) is 5.92. The molecule has 35 heavy (non-hydrogen) atoms. The number of methoxy groups -OCH3 is 2. The molecule has 10 heteroatoms. The van der Waals surface area contributed by atoms with Gasteiger partial charge in [0.05, 0.1) is 18.8 Å². The zero-order chi connectivity index (χ0) is 25.2. The van der Waals surface area contributed by atoms with Gasteiger partial charge in [0, 0.05) is 50.1 Å². The Morgan fingerprint density at radius 1 is 1.17 bits per heavy atom. The summed E-state index contributed by atoms with van der Waals surface area (Å²) in [5.74, 6) is -0.548. The Morgan fingerprint density at radius 2 is 1.91 bits per heavy atom. The number of alkyl halides is 3. The molecule has 4 rings (SSSR count). The van der Waals surface area contributed by atoms with Crippen molar-refractivity contribution >= 4 is 28.8 Å². The van der Waals surface area contributed by atoms with Crippen molar-refractivity contribution in [1.29, 1.82) is 0 Å². The minimum absolute atomic E-state index is 0.000900. The van der Waals surface area contributed by atoms with E-state index < -0.39 is 23.2 Å². The van der Waals surface area contributed by atoms with E-state index in [0.717, 1.165) is 17.7 Å². The van der Waals surface area contributed by atoms with Crippen LogP contribution in [-0.2, 0) is 31.7 Å². The van der Waals surface area contributed by atoms with Gasteiger partial charge in [0.1, 0.15) is 5.75 Å². The maximum absolute atomic E-state index is 13.3. The number of carbonyl (C=O) groups excluding carboxylic acids is 2. The molecule has 0 aliphatic carbocycles. The van der Waals surface area contributed by atoms with Crippen LogP contribution in [0.3, 0.4) is 0 Å². The molecule has 2 amide bonds. The molecule has 2 aromatic rings. The zero-order valence-electron chi connectivity index (χ0n) is 19.3. The van der Waals surface area contributed by atoms with Crippen LogP contribution in [0.1, 0.15) is 29.5 Å². The summed E-state index contributed by atoms with van der Waals surface area (Å²) in [4.78, 5) is 24.7. The first-order valence-corrected chi connectivity index (χ1v) is 11.0. The summed E-state index contributed by atoms with van der Waals surface area (Å²) in [5.41, 5.74) is 0.926. The number of fused-ring (bicyclic) bond motifs is 2. The van der Waals surface area contributed by atoms with Gasteiger partial charge in [0.15, 0.2) is 5.60 Å². The number of rotatable bonds is 6. The molecule has 0 spiro atoms. The van der Waals surface area contributed by atoms with E-state index in [2.05, 4.69) is 10.6 Å². The number of carbonyl (C=O) groups is 2. The van der Waals surface area contributed by atoms with Crippen molar-refractivity contribution < 1.29 is 37.0 Å². The lowest BCUT2D eigenvalue weighted by Crippen LogP contribution is -2.47. The minimum atomic E-state index is -4.55. The summed E-state index contributed by atoms with van der Waals surface area (Å²) in [5, 5.41) is 5.62. The van der Waals surface area contributed by atoms with E-state index in [4.69, 9.17) is 14.2 Å². The first kappa shape index (κ1) is 24.7. The minimum Gasteiger partial charge on any atom is -0.481 e. The van der Waals surface area contributed by atoms with Gasteiger partial charge in [-0.15, -0.1) is 0 Å². The highest BCUT2D eigenvalue weighted by atomic mass is 19.4. The molecule has 2 heterocycles. The number of ether oxygens (including phenoxy) is 3. The molecule has 2 aliphatic heterocycles. The first-order valence-electron chi connectivity index (χ1n) is 11.0. The molecular weight excluding hydrogens is 465 g/mol. The maximum Gasteiger partial charge on any atom is 0.416 e. The molecule has 7 nitrogen and oxygen atoms in total. The fraction of sp³-hybridized carbons (Fsp3) is 0.360. The number of halogens is 3. The predicted octanol–water partition coefficient (Wildman–Crippen LogP) is 4.43. The third-order valence-electron chi connectivity index (χ3n) is 5.92. The van der Waals surface area contributed by atoms with Crippen molar-refractivity contribution in [1.82, 2.24) is 0 Å². The Balaban J connectivity index is 1.70. The largest absolute Gasteiger partial charge is 0.481 e. The van der Waals surface area contributed by atoms with Gasteiger partial charge in [-0.2, -0.15) is 13.2 Å². The van der Waals surface area contributed by atoms with E-state index in [0.29, 0.717) is 35.4 Å². The molecule has 0 saturated heterocycles. The molecule has 186 valence electrons. The molecule has 2 aliphatic rings. The van der Waals surface area contributed by atoms with Gasteiger partial charge >= 0.3 is 6.18 Å². The van der Waals surface area contributed by atoms with E-state index in [9.17, 15) is 22.8 Å². The Hall–Kier alpha value is -3.37. The summed E-state index contributed by atoms with van der Waals surface area (Å²) in [6.45, 7) is 0.0861. The van der Waals surface area contributed by atoms with Crippen LogP contribution < -0.4 is 15.4 Å². The number of amides is 2. The second kappa shape index (κ2) is 9.71. The number of anilines is 2. The van der Waals surface area contributed by atoms with Crippen LogP contribution in [0.4, 0.5) is 24.5 Å². The lowest BCUT2D eigenvalue weighted by molar-refractivity contribution is -0.138. The fourth-order valence-corrected chi connectivity index (χ4v) is 4.49. The molecule has 2 aromatic carbocycles. The molecule has 0 atom stereocenters. The lowest BCUT2D eigenvalue weighted by Gasteiger charge is -2.39. The molecule has 0 aromatic heterocycles. The molecule has 0 fully saturated rings. The van der Waals surface area contributed by atoms with Gasteiger partial charge in [0.25, 0.3) is 0 Å². The van der Waals surface area contributed by atoms with Crippen LogP contribution in [0, 0.1) is 0 Å². The van der Waals surface area contributed by atoms with Crippen LogP contribution in [-0.4, -0.2) is 44.8 Å². The highest BCUT2D eigenvalue weighted by Gasteiger charge is 2.41. The number of benzene rings is 2. The van der Waals surface area contributed by atoms with E-state index in [1.165, 1.54) is 26.4 Å². The SMILES string of the molecule is COCC1(COC)CC(=CC(=O)Nc2cccc3c2CCC(=O)N3)c2ccc(C(F)(F)F)cc2O1. The number of nitrogens with one attached hydrogen (secondary N) is 2. The van der Waals surface area contributed by atoms with Gasteiger partial charge < -0.3 is 24.8 Å². The smallest absolute Gasteiger partial charge is 0.416 e. The number of hydrogen-bond acceptors (Lipinski definition) is 5. The Bertz CT molecular complexity index is 1170. The third kappa shape index (κ3) is 5.33. The highest BCUT2D eigenvalue weighted by Crippen LogP contribution is 2.43. The van der Waals surface area contributed by atoms with Gasteiger partial charge in [0.2, 0.25) is 11.8 Å². The standard InChI is InChI=1S/C25H25F3N2O5/c1-33-13-24(14-34-2)12-15(17-7-6-16(25(26,27)28)11-21(17)35-24)10-23(32)30-20-5-3-4-19-18(20)8-9-22(31)29-19/h3-7,10-11H,8-9,12-14H2,1-2H3,(H,29,31)(H,30,32). The average molecular weight is 490 g/mol. The zero-order valence-corrected chi connectivity index (χ0v) is 19.3. The highest BCUT2D eigenvalue weighted by molar-refractivity contribution is 6.06. The summed E-state index contributed by atoms with van der Waals surface area (Å²) >= 11 is 0. The van der Waals surface area contributed by atoms with Crippen molar-refractivity contribution in [2.75, 3.05) is 38.1 Å². The molecule has 0 radical (unpaired) electrons. The van der Waals surface area contributed by atoms with Gasteiger partial charge in [-0.05, 0) is 41.8 Å². The summed E-state index contributed by atoms with van der Waals surface area (Å²) in [7, 11) is 2.91. The normalized spacial score (nSPS) is 17.7. The fourth-order valence-electron chi connectivity index (χ4n) is 4.49. The summed E-state index contributed by atoms with van der Waals surface area (Å²) < 4.78 is 56.6. The van der Waals surface area contributed by atoms with E-state index in [1.54, 1.807) is 18.2 Å². The first-order chi connectivity index (χ1) is 16.6. The summed E-state index contributed by atoms with van der Waals surface area (Å²) in [6.07, 6.45) is -2.22. The monoisotopic (exact) mass is 490 g/mol. The average Bonchev–Trinajstić information content (AvgIpc) is 2.78. The quantitative estimate of drug-likeness (QED) is 0.586. The van der Waals surface area contributed by atoms with Crippen LogP contribution >= 0.6 is 0 Å². The molecule has 0 bridgehead atoms. The van der Waals surface area contributed by atoms with E-state index in [-0.39, 0.29) is 31.3 Å². The van der Waals surface area contributed by atoms with Crippen molar-refractivity contribution in [3.05, 3.63) is 59.2 Å². The topological polar surface area (TPSA) is 85.9 Å². The Labute approximate surface area is 200 Å². The van der Waals surface area contributed by atoms with Crippen molar-refractivity contribution in [3.63, 3.8) is 0 Å². The predicted molar refractivity (Wildman–Crippen MR) is 123 cm³/mol. The van der Waals surface area contributed by atoms with E-state index in [1.807, 2.05) is 0 Å². The second-order valence-electron chi connectivity index (χ2n) is 8.58. The van der Waals surface area contributed by atoms with Crippen LogP contribution in [0.2, 0.25) is 0 Å². The summed E-state index contributed by atoms with van der Waals surface area (Å²) in [6, 6.07) is 8.41. The molecular formula is C25H25F3N2O5. The second-order valence-corrected chi connectivity index (χ2v) is 8.58. The lowest BCUT2D eigenvalue weighted by atomic mass is 9.86. The molecule has 2 N–H and O–H groups in total. The molecule has 0 unspecified atom stereocenters. The van der Waals surface area contributed by atoms with Crippen molar-refractivity contribution in [2.24, 2.45) is 0 Å². The van der Waals surface area contributed by atoms with Crippen LogP contribution in [0.15, 0.2) is 42.5 Å². The van der Waals surface area contributed by atoms with Crippen molar-refractivity contribution in [2.45, 2.75) is 31.0 Å². The Kier molecular flexibility index (Phi) is 6.86. The van der Waals surface area contributed by atoms with Gasteiger partial charge in [-0.3, -0.25) is 9.59 Å². The van der Waals surface area contributed by atoms with Gasteiger partial charge in [-0.25, -0.2) is 0 Å². The van der Waals surface area contributed by atoms with Crippen molar-refractivity contribution in [3.8, 4) is 5.75 Å². The van der Waals surface area contributed by atoms with Gasteiger partial charge in [-0.1, -0.05) is 12.1 Å². The molecule has 0 saturated carbocycles. The van der Waals surface area contributed by atoms with E-state index >= 15 is 0 Å². The van der Waals surface area contributed by atoms with Crippen LogP contribution in [0.5, 0.6) is 5.75 Å². The van der Waals surface area contributed by atoms with Crippen LogP contribution in [0.25, 0.3) is 5.57 Å². The maximum atomic E-state index is 13.3. The number of hydrogen-bond donors (Lipinski definition) is 2. The Morgan fingerprint density at radius 3 is 2.60 bits per heavy atom.